The van der Waals surface area contributed by atoms with E-state index in [1.165, 1.54) is 19.3 Å². The highest BCUT2D eigenvalue weighted by Gasteiger charge is 2.24. The summed E-state index contributed by atoms with van der Waals surface area (Å²) in [4.78, 5) is 12.9. The van der Waals surface area contributed by atoms with Crippen molar-refractivity contribution in [3.63, 3.8) is 0 Å². The van der Waals surface area contributed by atoms with Gasteiger partial charge < -0.3 is 20.1 Å². The summed E-state index contributed by atoms with van der Waals surface area (Å²) in [5.74, 6) is -2.23. The number of ketones is 1. The van der Waals surface area contributed by atoms with E-state index < -0.39 is 11.6 Å². The molecule has 0 aliphatic heterocycles. The predicted octanol–water partition coefficient (Wildman–Crippen LogP) is 5.08. The van der Waals surface area contributed by atoms with Gasteiger partial charge in [0.2, 0.25) is 0 Å². The predicted molar refractivity (Wildman–Crippen MR) is 123 cm³/mol. The van der Waals surface area contributed by atoms with Crippen LogP contribution in [0.1, 0.15) is 55.6 Å². The fourth-order valence-electron chi connectivity index (χ4n) is 3.11. The van der Waals surface area contributed by atoms with Crippen LogP contribution in [0, 0.1) is 0 Å². The van der Waals surface area contributed by atoms with Gasteiger partial charge in [-0.05, 0) is 75.5 Å². The molecule has 1 aromatic rings. The maximum atomic E-state index is 12.9. The smallest absolute Gasteiger partial charge is 0.193 e. The van der Waals surface area contributed by atoms with Crippen molar-refractivity contribution in [3.05, 3.63) is 82.0 Å². The Kier molecular flexibility index (Phi) is 8.20. The molecule has 2 rings (SSSR count). The Balaban J connectivity index is 2.41. The van der Waals surface area contributed by atoms with E-state index in [1.54, 1.807) is 24.3 Å². The van der Waals surface area contributed by atoms with Gasteiger partial charge in [-0.15, -0.1) is 0 Å². The van der Waals surface area contributed by atoms with Crippen LogP contribution in [0.5, 0.6) is 11.5 Å². The number of carbonyl (C=O) groups is 1. The third kappa shape index (κ3) is 6.54. The number of allylic oxidation sites excluding steroid dienone is 8. The second kappa shape index (κ2) is 10.4. The molecule has 31 heavy (non-hydrogen) atoms. The van der Waals surface area contributed by atoms with Gasteiger partial charge in [0.1, 0.15) is 17.1 Å². The van der Waals surface area contributed by atoms with E-state index >= 15 is 0 Å². The highest BCUT2D eigenvalue weighted by molar-refractivity contribution is 6.09. The van der Waals surface area contributed by atoms with Gasteiger partial charge in [0, 0.05) is 13.5 Å². The first-order chi connectivity index (χ1) is 14.6. The summed E-state index contributed by atoms with van der Waals surface area (Å²) in [6.45, 7) is 7.86. The Morgan fingerprint density at radius 3 is 2.03 bits per heavy atom. The fraction of sp³-hybridized carbons (Fsp3) is 0.346. The molecule has 0 aromatic heterocycles. The van der Waals surface area contributed by atoms with Gasteiger partial charge in [-0.3, -0.25) is 4.79 Å². The van der Waals surface area contributed by atoms with Gasteiger partial charge in [0.05, 0.1) is 0 Å². The minimum absolute atomic E-state index is 0.0955. The number of phenolic OH excluding ortho intramolecular Hbond substituents is 2. The quantitative estimate of drug-likeness (QED) is 0.235. The van der Waals surface area contributed by atoms with Crippen molar-refractivity contribution in [2.24, 2.45) is 0 Å². The van der Waals surface area contributed by atoms with Crippen LogP contribution in [0.15, 0.2) is 65.3 Å². The van der Waals surface area contributed by atoms with E-state index in [9.17, 15) is 20.1 Å². The number of rotatable bonds is 8. The summed E-state index contributed by atoms with van der Waals surface area (Å²) in [6.07, 6.45) is 12.9. The molecule has 5 nitrogen and oxygen atoms in total. The van der Waals surface area contributed by atoms with Crippen molar-refractivity contribution in [1.82, 2.24) is 0 Å². The summed E-state index contributed by atoms with van der Waals surface area (Å²) in [5.41, 5.74) is 4.00. The molecule has 1 aromatic carbocycles. The zero-order chi connectivity index (χ0) is 23.2. The van der Waals surface area contributed by atoms with Gasteiger partial charge in [0.25, 0.3) is 0 Å². The number of ether oxygens (including phenoxy) is 1. The van der Waals surface area contributed by atoms with Crippen molar-refractivity contribution in [3.8, 4) is 11.5 Å². The molecule has 1 aliphatic carbocycles. The Labute approximate surface area is 184 Å². The Morgan fingerprint density at radius 1 is 1.06 bits per heavy atom. The summed E-state index contributed by atoms with van der Waals surface area (Å²) in [5, 5.41) is 31.6. The van der Waals surface area contributed by atoms with Crippen LogP contribution in [0.3, 0.4) is 0 Å². The number of methoxy groups -OCH3 is 1. The van der Waals surface area contributed by atoms with Crippen molar-refractivity contribution >= 4 is 5.78 Å². The largest absolute Gasteiger partial charge is 0.507 e. The number of hydrogen-bond acceptors (Lipinski definition) is 5. The summed E-state index contributed by atoms with van der Waals surface area (Å²) < 4.78 is 5.02. The lowest BCUT2D eigenvalue weighted by Crippen LogP contribution is -2.28. The molecule has 0 radical (unpaired) electrons. The molecule has 0 heterocycles. The normalized spacial score (nSPS) is 18.1. The molecule has 0 fully saturated rings. The first kappa shape index (κ1) is 24.4. The summed E-state index contributed by atoms with van der Waals surface area (Å²) >= 11 is 0. The fourth-order valence-corrected chi connectivity index (χ4v) is 3.11. The lowest BCUT2D eigenvalue weighted by molar-refractivity contribution is -0.143. The first-order valence-corrected chi connectivity index (χ1v) is 10.3. The van der Waals surface area contributed by atoms with Crippen LogP contribution < -0.4 is 0 Å². The van der Waals surface area contributed by atoms with Crippen LogP contribution in [0.2, 0.25) is 0 Å². The van der Waals surface area contributed by atoms with E-state index in [1.807, 2.05) is 39.8 Å². The molecule has 1 atom stereocenters. The minimum Gasteiger partial charge on any atom is -0.507 e. The average molecular weight is 425 g/mol. The third-order valence-corrected chi connectivity index (χ3v) is 5.08. The maximum absolute atomic E-state index is 12.9. The standard InChI is InChI=1S/C26H32O5/c1-17(2)6-9-20-16-21(10-7-18(3)4)25(29)23(24(20)28)22(27)11-8-19-12-14-26(30,31-5)15-13-19/h6-8,11-14,16,28-30H,9-10,15H2,1-5H3. The highest BCUT2D eigenvalue weighted by atomic mass is 16.6. The molecule has 5 heteroatoms. The molecule has 1 unspecified atom stereocenters. The second-order valence-electron chi connectivity index (χ2n) is 8.23. The molecule has 1 aliphatic rings. The van der Waals surface area contributed by atoms with Crippen LogP contribution >= 0.6 is 0 Å². The van der Waals surface area contributed by atoms with Crippen molar-refractivity contribution in [2.45, 2.75) is 52.7 Å². The zero-order valence-corrected chi connectivity index (χ0v) is 18.9. The molecule has 0 bridgehead atoms. The van der Waals surface area contributed by atoms with Gasteiger partial charge in [-0.25, -0.2) is 0 Å². The minimum atomic E-state index is -1.34. The van der Waals surface area contributed by atoms with E-state index in [-0.39, 0.29) is 23.5 Å². The molecule has 166 valence electrons. The third-order valence-electron chi connectivity index (χ3n) is 5.08. The van der Waals surface area contributed by atoms with Crippen molar-refractivity contribution in [2.75, 3.05) is 7.11 Å². The molecule has 0 amide bonds. The summed E-state index contributed by atoms with van der Waals surface area (Å²) in [6, 6.07) is 1.75. The monoisotopic (exact) mass is 424 g/mol. The van der Waals surface area contributed by atoms with Gasteiger partial charge in [0.15, 0.2) is 11.6 Å². The first-order valence-electron chi connectivity index (χ1n) is 10.3. The van der Waals surface area contributed by atoms with Crippen LogP contribution in [0.4, 0.5) is 0 Å². The Hall–Kier alpha value is -2.89. The lowest BCUT2D eigenvalue weighted by atomic mass is 9.94. The molecule has 0 spiro atoms. The summed E-state index contributed by atoms with van der Waals surface area (Å²) in [7, 11) is 1.42. The van der Waals surface area contributed by atoms with E-state index in [2.05, 4.69) is 0 Å². The van der Waals surface area contributed by atoms with E-state index in [0.29, 0.717) is 24.0 Å². The van der Waals surface area contributed by atoms with Gasteiger partial charge in [-0.1, -0.05) is 41.5 Å². The Morgan fingerprint density at radius 2 is 1.61 bits per heavy atom. The number of benzene rings is 1. The van der Waals surface area contributed by atoms with E-state index in [0.717, 1.165) is 16.7 Å². The highest BCUT2D eigenvalue weighted by Crippen LogP contribution is 2.36. The molecule has 0 saturated carbocycles. The van der Waals surface area contributed by atoms with Gasteiger partial charge >= 0.3 is 0 Å². The number of carbonyl (C=O) groups excluding carboxylic acids is 1. The molecule has 3 N–H and O–H groups in total. The maximum Gasteiger partial charge on any atom is 0.193 e. The zero-order valence-electron chi connectivity index (χ0n) is 18.9. The average Bonchev–Trinajstić information content (AvgIpc) is 2.72. The molecular weight excluding hydrogens is 392 g/mol. The lowest BCUT2D eigenvalue weighted by Gasteiger charge is -2.23. The SMILES string of the molecule is COC1(O)C=CC(C=CC(=O)c2c(O)c(CC=C(C)C)cc(CC=C(C)C)c2O)=CC1. The van der Waals surface area contributed by atoms with Crippen LogP contribution in [0.25, 0.3) is 0 Å². The number of phenols is 2. The van der Waals surface area contributed by atoms with Crippen LogP contribution in [-0.4, -0.2) is 34.0 Å². The number of hydrogen-bond donors (Lipinski definition) is 3. The second-order valence-corrected chi connectivity index (χ2v) is 8.23. The number of aromatic hydroxyl groups is 2. The van der Waals surface area contributed by atoms with Gasteiger partial charge in [-0.2, -0.15) is 0 Å². The van der Waals surface area contributed by atoms with Crippen molar-refractivity contribution < 1.29 is 24.9 Å². The topological polar surface area (TPSA) is 87.0 Å². The number of aliphatic hydroxyl groups is 1. The van der Waals surface area contributed by atoms with E-state index in [4.69, 9.17) is 4.74 Å². The molecular formula is C26H32O5. The molecule has 0 saturated heterocycles. The van der Waals surface area contributed by atoms with Crippen molar-refractivity contribution in [1.29, 1.82) is 0 Å². The Bertz CT molecular complexity index is 939. The van der Waals surface area contributed by atoms with Crippen LogP contribution in [-0.2, 0) is 17.6 Å².